The largest absolute Gasteiger partial charge is 0.496 e. The van der Waals surface area contributed by atoms with Gasteiger partial charge in [-0.3, -0.25) is 4.79 Å². The number of carbonyl (C=O) groups excluding carboxylic acids is 1. The number of fused-ring (bicyclic) bond motifs is 1. The van der Waals surface area contributed by atoms with Crippen molar-refractivity contribution in [1.82, 2.24) is 0 Å². The Labute approximate surface area is 106 Å². The van der Waals surface area contributed by atoms with E-state index >= 15 is 0 Å². The molecule has 1 heterocycles. The summed E-state index contributed by atoms with van der Waals surface area (Å²) in [6, 6.07) is 5.77. The number of nitrogens with zero attached hydrogens (tertiary/aromatic N) is 1. The second kappa shape index (κ2) is 4.96. The predicted octanol–water partition coefficient (Wildman–Crippen LogP) is 2.60. The van der Waals surface area contributed by atoms with Gasteiger partial charge in [0.2, 0.25) is 5.91 Å². The number of carbonyl (C=O) groups is 1. The number of rotatable bonds is 3. The molecule has 0 unspecified atom stereocenters. The number of anilines is 1. The van der Waals surface area contributed by atoms with Crippen LogP contribution in [0.25, 0.3) is 0 Å². The summed E-state index contributed by atoms with van der Waals surface area (Å²) in [5.74, 6) is 0.835. The Bertz CT molecular complexity index is 433. The van der Waals surface area contributed by atoms with Crippen LogP contribution in [0, 0.1) is 0 Å². The quantitative estimate of drug-likeness (QED) is 0.775. The van der Waals surface area contributed by atoms with Crippen LogP contribution in [0.4, 0.5) is 5.69 Å². The van der Waals surface area contributed by atoms with Crippen LogP contribution in [0.3, 0.4) is 0 Å². The fourth-order valence-electron chi connectivity index (χ4n) is 2.17. The van der Waals surface area contributed by atoms with Gasteiger partial charge in [0.25, 0.3) is 0 Å². The molecule has 0 radical (unpaired) electrons. The number of methoxy groups -OCH3 is 1. The number of alkyl halides is 1. The lowest BCUT2D eigenvalue weighted by molar-refractivity contribution is -0.118. The topological polar surface area (TPSA) is 29.5 Å². The van der Waals surface area contributed by atoms with E-state index in [1.165, 1.54) is 0 Å². The Morgan fingerprint density at radius 3 is 3.00 bits per heavy atom. The second-order valence-electron chi connectivity index (χ2n) is 4.07. The summed E-state index contributed by atoms with van der Waals surface area (Å²) in [6.07, 6.45) is 1.48. The van der Waals surface area contributed by atoms with Crippen LogP contribution in [-0.2, 0) is 11.2 Å². The van der Waals surface area contributed by atoms with Crippen LogP contribution in [0.15, 0.2) is 18.2 Å². The normalized spacial score (nSPS) is 15.6. The second-order valence-corrected chi connectivity index (χ2v) is 4.60. The molecule has 1 atom stereocenters. The van der Waals surface area contributed by atoms with Gasteiger partial charge in [-0.2, -0.15) is 0 Å². The molecule has 0 bridgehead atoms. The summed E-state index contributed by atoms with van der Waals surface area (Å²) in [4.78, 5) is 13.9. The fraction of sp³-hybridized carbons (Fsp3) is 0.462. The molecule has 0 saturated carbocycles. The van der Waals surface area contributed by atoms with E-state index in [1.807, 2.05) is 25.1 Å². The maximum atomic E-state index is 12.1. The maximum Gasteiger partial charge on any atom is 0.245 e. The molecular weight excluding hydrogens is 238 g/mol. The molecule has 0 aromatic heterocycles. The van der Waals surface area contributed by atoms with Gasteiger partial charge in [-0.25, -0.2) is 0 Å². The van der Waals surface area contributed by atoms with Crippen LogP contribution in [0.1, 0.15) is 18.9 Å². The molecule has 0 N–H and O–H groups in total. The van der Waals surface area contributed by atoms with Gasteiger partial charge >= 0.3 is 0 Å². The highest BCUT2D eigenvalue weighted by Crippen LogP contribution is 2.35. The average molecular weight is 254 g/mol. The molecule has 92 valence electrons. The van der Waals surface area contributed by atoms with Gasteiger partial charge in [0.15, 0.2) is 0 Å². The lowest BCUT2D eigenvalue weighted by Crippen LogP contribution is -2.35. The fourth-order valence-corrected chi connectivity index (χ4v) is 2.28. The van der Waals surface area contributed by atoms with E-state index in [0.29, 0.717) is 13.0 Å². The molecule has 3 nitrogen and oxygen atoms in total. The highest BCUT2D eigenvalue weighted by atomic mass is 35.5. The molecular formula is C13H16ClNO2. The van der Waals surface area contributed by atoms with Crippen molar-refractivity contribution in [3.63, 3.8) is 0 Å². The van der Waals surface area contributed by atoms with Crippen LogP contribution in [-0.4, -0.2) is 24.9 Å². The number of benzene rings is 1. The van der Waals surface area contributed by atoms with Gasteiger partial charge < -0.3 is 9.64 Å². The van der Waals surface area contributed by atoms with E-state index < -0.39 is 5.38 Å². The summed E-state index contributed by atoms with van der Waals surface area (Å²) < 4.78 is 5.30. The monoisotopic (exact) mass is 253 g/mol. The van der Waals surface area contributed by atoms with Crippen molar-refractivity contribution >= 4 is 23.2 Å². The van der Waals surface area contributed by atoms with Crippen LogP contribution in [0.2, 0.25) is 0 Å². The van der Waals surface area contributed by atoms with E-state index in [0.717, 1.165) is 23.4 Å². The van der Waals surface area contributed by atoms with E-state index in [1.54, 1.807) is 12.0 Å². The molecule has 1 aliphatic heterocycles. The number of amides is 1. The Kier molecular flexibility index (Phi) is 3.57. The van der Waals surface area contributed by atoms with Gasteiger partial charge in [0, 0.05) is 12.1 Å². The number of hydrogen-bond acceptors (Lipinski definition) is 2. The smallest absolute Gasteiger partial charge is 0.245 e. The molecule has 1 aromatic carbocycles. The van der Waals surface area contributed by atoms with Crippen molar-refractivity contribution in [2.24, 2.45) is 0 Å². The van der Waals surface area contributed by atoms with Gasteiger partial charge in [-0.05, 0) is 25.0 Å². The third-order valence-electron chi connectivity index (χ3n) is 3.10. The Morgan fingerprint density at radius 2 is 2.35 bits per heavy atom. The van der Waals surface area contributed by atoms with E-state index in [-0.39, 0.29) is 5.91 Å². The molecule has 1 aromatic rings. The van der Waals surface area contributed by atoms with Crippen molar-refractivity contribution in [2.45, 2.75) is 25.1 Å². The van der Waals surface area contributed by atoms with Crippen molar-refractivity contribution < 1.29 is 9.53 Å². The lowest BCUT2D eigenvalue weighted by Gasteiger charge is -2.20. The van der Waals surface area contributed by atoms with Crippen molar-refractivity contribution in [2.75, 3.05) is 18.6 Å². The highest BCUT2D eigenvalue weighted by Gasteiger charge is 2.29. The summed E-state index contributed by atoms with van der Waals surface area (Å²) in [5, 5.41) is -0.438. The highest BCUT2D eigenvalue weighted by molar-refractivity contribution is 6.33. The molecule has 0 fully saturated rings. The van der Waals surface area contributed by atoms with E-state index in [2.05, 4.69) is 0 Å². The third-order valence-corrected chi connectivity index (χ3v) is 3.59. The van der Waals surface area contributed by atoms with Crippen LogP contribution in [0.5, 0.6) is 5.75 Å². The minimum Gasteiger partial charge on any atom is -0.496 e. The van der Waals surface area contributed by atoms with Crippen molar-refractivity contribution in [3.8, 4) is 5.75 Å². The lowest BCUT2D eigenvalue weighted by atomic mass is 10.1. The van der Waals surface area contributed by atoms with Gasteiger partial charge in [0.1, 0.15) is 11.1 Å². The van der Waals surface area contributed by atoms with Crippen molar-refractivity contribution in [3.05, 3.63) is 23.8 Å². The molecule has 0 spiro atoms. The average Bonchev–Trinajstić information content (AvgIpc) is 2.80. The standard InChI is InChI=1S/C13H16ClNO2/c1-3-10(14)13(16)15-8-7-9-11(15)5-4-6-12(9)17-2/h4-6,10H,3,7-8H2,1-2H3/t10-/m1/s1. The van der Waals surface area contributed by atoms with Crippen LogP contribution >= 0.6 is 11.6 Å². The molecule has 1 amide bonds. The molecule has 1 aliphatic rings. The van der Waals surface area contributed by atoms with Gasteiger partial charge in [0.05, 0.1) is 12.8 Å². The summed E-state index contributed by atoms with van der Waals surface area (Å²) in [7, 11) is 1.65. The van der Waals surface area contributed by atoms with Crippen LogP contribution < -0.4 is 9.64 Å². The summed E-state index contributed by atoms with van der Waals surface area (Å²) >= 11 is 6.01. The van der Waals surface area contributed by atoms with E-state index in [4.69, 9.17) is 16.3 Å². The zero-order valence-electron chi connectivity index (χ0n) is 10.1. The molecule has 0 aliphatic carbocycles. The number of ether oxygens (including phenoxy) is 1. The number of hydrogen-bond donors (Lipinski definition) is 0. The van der Waals surface area contributed by atoms with Gasteiger partial charge in [-0.1, -0.05) is 13.0 Å². The first-order valence-electron chi connectivity index (χ1n) is 5.80. The first kappa shape index (κ1) is 12.2. The predicted molar refractivity (Wildman–Crippen MR) is 69.0 cm³/mol. The maximum absolute atomic E-state index is 12.1. The Balaban J connectivity index is 2.31. The minimum atomic E-state index is -0.438. The minimum absolute atomic E-state index is 0.0128. The Hall–Kier alpha value is -1.22. The Morgan fingerprint density at radius 1 is 1.59 bits per heavy atom. The van der Waals surface area contributed by atoms with Crippen molar-refractivity contribution in [1.29, 1.82) is 0 Å². The van der Waals surface area contributed by atoms with E-state index in [9.17, 15) is 4.79 Å². The zero-order chi connectivity index (χ0) is 12.4. The zero-order valence-corrected chi connectivity index (χ0v) is 10.8. The summed E-state index contributed by atoms with van der Waals surface area (Å²) in [5.41, 5.74) is 2.04. The molecule has 2 rings (SSSR count). The third kappa shape index (κ3) is 2.12. The first-order chi connectivity index (χ1) is 8.19. The van der Waals surface area contributed by atoms with Gasteiger partial charge in [-0.15, -0.1) is 11.6 Å². The molecule has 4 heteroatoms. The SMILES string of the molecule is CC[C@@H](Cl)C(=O)N1CCc2c(OC)cccc21. The molecule has 0 saturated heterocycles. The molecule has 17 heavy (non-hydrogen) atoms. The number of halogens is 1. The first-order valence-corrected chi connectivity index (χ1v) is 6.24. The summed E-state index contributed by atoms with van der Waals surface area (Å²) in [6.45, 7) is 2.61.